The molecule has 0 saturated carbocycles. The van der Waals surface area contributed by atoms with Gasteiger partial charge in [-0.1, -0.05) is 48.0 Å². The number of hydrogen-bond donors (Lipinski definition) is 2. The number of ether oxygens (including phenoxy) is 1. The minimum atomic E-state index is -0.218. The Morgan fingerprint density at radius 3 is 2.61 bits per heavy atom. The molecule has 0 aliphatic rings. The van der Waals surface area contributed by atoms with Crippen LogP contribution in [0.4, 0.5) is 4.79 Å². The first kappa shape index (κ1) is 17.3. The van der Waals surface area contributed by atoms with Gasteiger partial charge in [0.1, 0.15) is 0 Å². The smallest absolute Gasteiger partial charge is 0.315 e. The average Bonchev–Trinajstić information content (AvgIpc) is 2.54. The van der Waals surface area contributed by atoms with E-state index in [1.165, 1.54) is 0 Å². The van der Waals surface area contributed by atoms with Crippen molar-refractivity contribution in [2.24, 2.45) is 0 Å². The Hall–Kier alpha value is -2.04. The first-order chi connectivity index (χ1) is 11.1. The predicted octanol–water partition coefficient (Wildman–Crippen LogP) is 4.05. The van der Waals surface area contributed by atoms with Crippen LogP contribution in [0.5, 0.6) is 0 Å². The standard InChI is InChI=1S/C18H21ClN2O2/c1-13(14-8-5-9-17(19)10-14)21-18(22)20-11-15-6-3-4-7-16(15)12-23-2/h3-10,13H,11-12H2,1-2H3,(H2,20,21,22). The van der Waals surface area contributed by atoms with Gasteiger partial charge in [-0.2, -0.15) is 0 Å². The average molecular weight is 333 g/mol. The highest BCUT2D eigenvalue weighted by Gasteiger charge is 2.10. The van der Waals surface area contributed by atoms with Crippen molar-refractivity contribution in [2.45, 2.75) is 26.1 Å². The minimum absolute atomic E-state index is 0.122. The van der Waals surface area contributed by atoms with Crippen LogP contribution in [0.15, 0.2) is 48.5 Å². The second kappa shape index (κ2) is 8.56. The lowest BCUT2D eigenvalue weighted by Crippen LogP contribution is -2.36. The van der Waals surface area contributed by atoms with E-state index >= 15 is 0 Å². The van der Waals surface area contributed by atoms with Crippen molar-refractivity contribution in [2.75, 3.05) is 7.11 Å². The van der Waals surface area contributed by atoms with Crippen molar-refractivity contribution in [3.8, 4) is 0 Å². The molecule has 0 heterocycles. The van der Waals surface area contributed by atoms with Crippen LogP contribution in [0.3, 0.4) is 0 Å². The van der Waals surface area contributed by atoms with Crippen LogP contribution in [0.25, 0.3) is 0 Å². The summed E-state index contributed by atoms with van der Waals surface area (Å²) < 4.78 is 5.17. The van der Waals surface area contributed by atoms with E-state index in [1.807, 2.05) is 55.5 Å². The molecule has 0 aromatic heterocycles. The maximum Gasteiger partial charge on any atom is 0.315 e. The molecule has 0 radical (unpaired) electrons. The van der Waals surface area contributed by atoms with Gasteiger partial charge in [-0.15, -0.1) is 0 Å². The Morgan fingerprint density at radius 2 is 1.91 bits per heavy atom. The molecule has 2 amide bonds. The van der Waals surface area contributed by atoms with Crippen LogP contribution in [0, 0.1) is 0 Å². The van der Waals surface area contributed by atoms with E-state index < -0.39 is 0 Å². The zero-order valence-corrected chi connectivity index (χ0v) is 14.1. The van der Waals surface area contributed by atoms with Crippen molar-refractivity contribution in [1.82, 2.24) is 10.6 Å². The zero-order valence-electron chi connectivity index (χ0n) is 13.3. The lowest BCUT2D eigenvalue weighted by atomic mass is 10.1. The Morgan fingerprint density at radius 1 is 1.17 bits per heavy atom. The quantitative estimate of drug-likeness (QED) is 0.838. The molecular weight excluding hydrogens is 312 g/mol. The fraction of sp³-hybridized carbons (Fsp3) is 0.278. The summed E-state index contributed by atoms with van der Waals surface area (Å²) in [6, 6.07) is 15.0. The summed E-state index contributed by atoms with van der Waals surface area (Å²) in [4.78, 5) is 12.1. The Labute approximate surface area is 141 Å². The summed E-state index contributed by atoms with van der Waals surface area (Å²) in [5.41, 5.74) is 3.07. The van der Waals surface area contributed by atoms with Gasteiger partial charge in [-0.25, -0.2) is 4.79 Å². The largest absolute Gasteiger partial charge is 0.380 e. The molecule has 0 aliphatic carbocycles. The van der Waals surface area contributed by atoms with Crippen LogP contribution in [-0.2, 0) is 17.9 Å². The van der Waals surface area contributed by atoms with Crippen molar-refractivity contribution < 1.29 is 9.53 Å². The number of halogens is 1. The van der Waals surface area contributed by atoms with Crippen LogP contribution in [-0.4, -0.2) is 13.1 Å². The van der Waals surface area contributed by atoms with Gasteiger partial charge in [0, 0.05) is 18.7 Å². The van der Waals surface area contributed by atoms with Gasteiger partial charge in [0.05, 0.1) is 12.6 Å². The molecule has 2 aromatic rings. The third-order valence-electron chi connectivity index (χ3n) is 3.55. The van der Waals surface area contributed by atoms with Gasteiger partial charge < -0.3 is 15.4 Å². The summed E-state index contributed by atoms with van der Waals surface area (Å²) in [7, 11) is 1.66. The van der Waals surface area contributed by atoms with E-state index in [1.54, 1.807) is 7.11 Å². The van der Waals surface area contributed by atoms with Crippen LogP contribution in [0.1, 0.15) is 29.7 Å². The first-order valence-electron chi connectivity index (χ1n) is 7.45. The fourth-order valence-electron chi connectivity index (χ4n) is 2.31. The molecule has 122 valence electrons. The third-order valence-corrected chi connectivity index (χ3v) is 3.79. The highest BCUT2D eigenvalue weighted by Crippen LogP contribution is 2.17. The van der Waals surface area contributed by atoms with Crippen molar-refractivity contribution in [1.29, 1.82) is 0 Å². The predicted molar refractivity (Wildman–Crippen MR) is 92.4 cm³/mol. The zero-order chi connectivity index (χ0) is 16.7. The lowest BCUT2D eigenvalue weighted by Gasteiger charge is -2.16. The second-order valence-corrected chi connectivity index (χ2v) is 5.74. The fourth-order valence-corrected chi connectivity index (χ4v) is 2.51. The summed E-state index contributed by atoms with van der Waals surface area (Å²) in [6.45, 7) is 2.90. The normalized spacial score (nSPS) is 11.8. The molecule has 0 aliphatic heterocycles. The van der Waals surface area contributed by atoms with Gasteiger partial charge in [0.15, 0.2) is 0 Å². The number of urea groups is 1. The summed E-state index contributed by atoms with van der Waals surface area (Å²) in [6.07, 6.45) is 0. The molecule has 2 N–H and O–H groups in total. The molecule has 0 spiro atoms. The van der Waals surface area contributed by atoms with Gasteiger partial charge in [0.2, 0.25) is 0 Å². The van der Waals surface area contributed by atoms with Gasteiger partial charge in [0.25, 0.3) is 0 Å². The highest BCUT2D eigenvalue weighted by molar-refractivity contribution is 6.30. The maximum atomic E-state index is 12.1. The number of nitrogens with one attached hydrogen (secondary N) is 2. The lowest BCUT2D eigenvalue weighted by molar-refractivity contribution is 0.184. The summed E-state index contributed by atoms with van der Waals surface area (Å²) in [5.74, 6) is 0. The highest BCUT2D eigenvalue weighted by atomic mass is 35.5. The Kier molecular flexibility index (Phi) is 6.44. The molecule has 1 atom stereocenters. The molecule has 23 heavy (non-hydrogen) atoms. The topological polar surface area (TPSA) is 50.4 Å². The van der Waals surface area contributed by atoms with Gasteiger partial charge in [-0.05, 0) is 35.7 Å². The molecular formula is C18H21ClN2O2. The van der Waals surface area contributed by atoms with Gasteiger partial charge >= 0.3 is 6.03 Å². The number of carbonyl (C=O) groups is 1. The number of amides is 2. The second-order valence-electron chi connectivity index (χ2n) is 5.31. The Bertz CT molecular complexity index is 661. The first-order valence-corrected chi connectivity index (χ1v) is 7.83. The molecule has 2 rings (SSSR count). The molecule has 4 nitrogen and oxygen atoms in total. The van der Waals surface area contributed by atoms with Crippen LogP contribution in [0.2, 0.25) is 5.02 Å². The molecule has 5 heteroatoms. The number of methoxy groups -OCH3 is 1. The maximum absolute atomic E-state index is 12.1. The van der Waals surface area contributed by atoms with Crippen LogP contribution < -0.4 is 10.6 Å². The number of rotatable bonds is 6. The van der Waals surface area contributed by atoms with E-state index in [0.29, 0.717) is 18.2 Å². The van der Waals surface area contributed by atoms with E-state index in [-0.39, 0.29) is 12.1 Å². The number of hydrogen-bond acceptors (Lipinski definition) is 2. The van der Waals surface area contributed by atoms with Crippen molar-refractivity contribution in [3.05, 3.63) is 70.2 Å². The molecule has 0 bridgehead atoms. The molecule has 1 unspecified atom stereocenters. The number of benzene rings is 2. The minimum Gasteiger partial charge on any atom is -0.380 e. The van der Waals surface area contributed by atoms with E-state index in [2.05, 4.69) is 10.6 Å². The summed E-state index contributed by atoms with van der Waals surface area (Å²) in [5, 5.41) is 6.44. The van der Waals surface area contributed by atoms with Gasteiger partial charge in [-0.3, -0.25) is 0 Å². The molecule has 2 aromatic carbocycles. The molecule has 0 saturated heterocycles. The van der Waals surface area contributed by atoms with E-state index in [9.17, 15) is 4.79 Å². The van der Waals surface area contributed by atoms with Crippen molar-refractivity contribution in [3.63, 3.8) is 0 Å². The SMILES string of the molecule is COCc1ccccc1CNC(=O)NC(C)c1cccc(Cl)c1. The Balaban J connectivity index is 1.90. The number of carbonyl (C=O) groups excluding carboxylic acids is 1. The summed E-state index contributed by atoms with van der Waals surface area (Å²) >= 11 is 5.97. The molecule has 0 fully saturated rings. The van der Waals surface area contributed by atoms with Crippen LogP contribution >= 0.6 is 11.6 Å². The van der Waals surface area contributed by atoms with E-state index in [0.717, 1.165) is 16.7 Å². The third kappa shape index (κ3) is 5.27. The van der Waals surface area contributed by atoms with Crippen molar-refractivity contribution >= 4 is 17.6 Å². The van der Waals surface area contributed by atoms with E-state index in [4.69, 9.17) is 16.3 Å². The monoisotopic (exact) mass is 332 g/mol.